The number of fused-ring (bicyclic) bond motifs is 3. The van der Waals surface area contributed by atoms with E-state index in [2.05, 4.69) is 12.1 Å². The first-order chi connectivity index (χ1) is 7.88. The molecular formula is C14H16OS. The zero-order chi connectivity index (χ0) is 11.0. The van der Waals surface area contributed by atoms with Crippen LogP contribution in [0.25, 0.3) is 10.1 Å². The van der Waals surface area contributed by atoms with Crippen LogP contribution in [0.15, 0.2) is 18.2 Å². The zero-order valence-electron chi connectivity index (χ0n) is 9.33. The molecule has 0 aliphatic heterocycles. The molecule has 1 nitrogen and oxygen atoms in total. The van der Waals surface area contributed by atoms with Crippen molar-refractivity contribution >= 4 is 21.4 Å². The first kappa shape index (κ1) is 10.3. The Balaban J connectivity index is 2.19. The van der Waals surface area contributed by atoms with Crippen LogP contribution >= 0.6 is 11.3 Å². The van der Waals surface area contributed by atoms with E-state index in [1.165, 1.54) is 42.2 Å². The van der Waals surface area contributed by atoms with Gasteiger partial charge in [0.1, 0.15) is 0 Å². The lowest BCUT2D eigenvalue weighted by molar-refractivity contribution is 0.282. The number of aliphatic hydroxyl groups is 1. The molecule has 1 N–H and O–H groups in total. The van der Waals surface area contributed by atoms with Crippen LogP contribution in [0.5, 0.6) is 0 Å². The number of aliphatic hydroxyl groups excluding tert-OH is 1. The van der Waals surface area contributed by atoms with E-state index in [-0.39, 0.29) is 6.61 Å². The summed E-state index contributed by atoms with van der Waals surface area (Å²) in [6.07, 6.45) is 6.50. The Hall–Kier alpha value is -0.860. The van der Waals surface area contributed by atoms with Gasteiger partial charge in [0, 0.05) is 9.58 Å². The molecule has 3 rings (SSSR count). The van der Waals surface area contributed by atoms with Crippen molar-refractivity contribution in [2.24, 2.45) is 0 Å². The molecule has 0 bridgehead atoms. The summed E-state index contributed by atoms with van der Waals surface area (Å²) in [5.41, 5.74) is 2.60. The molecule has 0 fully saturated rings. The Kier molecular flexibility index (Phi) is 2.70. The fourth-order valence-electron chi connectivity index (χ4n) is 2.58. The molecule has 0 spiro atoms. The van der Waals surface area contributed by atoms with Crippen LogP contribution in [-0.4, -0.2) is 5.11 Å². The third-order valence-corrected chi connectivity index (χ3v) is 4.72. The van der Waals surface area contributed by atoms with E-state index in [9.17, 15) is 5.11 Å². The summed E-state index contributed by atoms with van der Waals surface area (Å²) in [7, 11) is 0. The number of rotatable bonds is 1. The molecule has 0 atom stereocenters. The summed E-state index contributed by atoms with van der Waals surface area (Å²) < 4.78 is 1.39. The molecule has 1 aromatic heterocycles. The van der Waals surface area contributed by atoms with Gasteiger partial charge in [-0.1, -0.05) is 12.5 Å². The Morgan fingerprint density at radius 3 is 2.88 bits per heavy atom. The Morgan fingerprint density at radius 1 is 1.12 bits per heavy atom. The van der Waals surface area contributed by atoms with E-state index in [1.807, 2.05) is 17.4 Å². The van der Waals surface area contributed by atoms with Crippen molar-refractivity contribution in [3.05, 3.63) is 34.2 Å². The molecule has 1 aliphatic carbocycles. The molecule has 1 aromatic carbocycles. The van der Waals surface area contributed by atoms with Gasteiger partial charge in [0.05, 0.1) is 6.61 Å². The average Bonchev–Trinajstić information content (AvgIpc) is 2.50. The summed E-state index contributed by atoms with van der Waals surface area (Å²) >= 11 is 1.95. The number of hydrogen-bond donors (Lipinski definition) is 1. The highest BCUT2D eigenvalue weighted by atomic mass is 32.1. The summed E-state index contributed by atoms with van der Waals surface area (Å²) in [6.45, 7) is 0.153. The average molecular weight is 232 g/mol. The van der Waals surface area contributed by atoms with E-state index in [1.54, 1.807) is 10.4 Å². The van der Waals surface area contributed by atoms with Gasteiger partial charge < -0.3 is 5.11 Å². The van der Waals surface area contributed by atoms with Crippen LogP contribution in [-0.2, 0) is 19.4 Å². The van der Waals surface area contributed by atoms with Crippen molar-refractivity contribution in [1.29, 1.82) is 0 Å². The van der Waals surface area contributed by atoms with Crippen LogP contribution in [0.4, 0.5) is 0 Å². The highest BCUT2D eigenvalue weighted by Gasteiger charge is 2.14. The lowest BCUT2D eigenvalue weighted by Gasteiger charge is -2.00. The first-order valence-corrected chi connectivity index (χ1v) is 6.84. The lowest BCUT2D eigenvalue weighted by Crippen LogP contribution is -1.86. The second-order valence-electron chi connectivity index (χ2n) is 4.55. The van der Waals surface area contributed by atoms with E-state index < -0.39 is 0 Å². The van der Waals surface area contributed by atoms with Crippen LogP contribution in [0.3, 0.4) is 0 Å². The molecule has 16 heavy (non-hydrogen) atoms. The van der Waals surface area contributed by atoms with Gasteiger partial charge in [0.15, 0.2) is 0 Å². The van der Waals surface area contributed by atoms with Gasteiger partial charge in [-0.3, -0.25) is 0 Å². The predicted molar refractivity (Wildman–Crippen MR) is 69.0 cm³/mol. The fourth-order valence-corrected chi connectivity index (χ4v) is 3.86. The highest BCUT2D eigenvalue weighted by Crippen LogP contribution is 2.36. The molecule has 0 saturated heterocycles. The Morgan fingerprint density at radius 2 is 2.00 bits per heavy atom. The summed E-state index contributed by atoms with van der Waals surface area (Å²) in [6, 6.07) is 6.38. The smallest absolute Gasteiger partial charge is 0.0682 e. The molecule has 0 amide bonds. The maximum Gasteiger partial charge on any atom is 0.0682 e. The molecule has 1 aliphatic rings. The zero-order valence-corrected chi connectivity index (χ0v) is 10.1. The number of aryl methyl sites for hydroxylation is 2. The fraction of sp³-hybridized carbons (Fsp3) is 0.429. The standard InChI is InChI=1S/C14H16OS/c15-9-10-6-7-14-12(8-10)11-4-2-1-3-5-13(11)16-14/h6-8,15H,1-5,9H2. The van der Waals surface area contributed by atoms with E-state index in [0.717, 1.165) is 5.56 Å². The number of hydrogen-bond acceptors (Lipinski definition) is 2. The predicted octanol–water partition coefficient (Wildman–Crippen LogP) is 3.66. The quantitative estimate of drug-likeness (QED) is 0.744. The molecule has 0 unspecified atom stereocenters. The molecular weight excluding hydrogens is 216 g/mol. The van der Waals surface area contributed by atoms with Crippen molar-refractivity contribution in [1.82, 2.24) is 0 Å². The third kappa shape index (κ3) is 1.66. The molecule has 0 radical (unpaired) electrons. The molecule has 2 heteroatoms. The minimum absolute atomic E-state index is 0.153. The Labute approximate surface area is 99.7 Å². The minimum atomic E-state index is 0.153. The largest absolute Gasteiger partial charge is 0.392 e. The minimum Gasteiger partial charge on any atom is -0.392 e. The van der Waals surface area contributed by atoms with Crippen LogP contribution in [0.1, 0.15) is 35.3 Å². The van der Waals surface area contributed by atoms with Gasteiger partial charge in [0.2, 0.25) is 0 Å². The van der Waals surface area contributed by atoms with E-state index in [4.69, 9.17) is 0 Å². The summed E-state index contributed by atoms with van der Waals surface area (Å²) in [4.78, 5) is 1.59. The molecule has 0 saturated carbocycles. The van der Waals surface area contributed by atoms with Gasteiger partial charge in [-0.25, -0.2) is 0 Å². The number of benzene rings is 1. The van der Waals surface area contributed by atoms with Crippen molar-refractivity contribution < 1.29 is 5.11 Å². The second-order valence-corrected chi connectivity index (χ2v) is 5.69. The SMILES string of the molecule is OCc1ccc2sc3c(c2c1)CCCCC3. The monoisotopic (exact) mass is 232 g/mol. The highest BCUT2D eigenvalue weighted by molar-refractivity contribution is 7.19. The van der Waals surface area contributed by atoms with Crippen LogP contribution in [0, 0.1) is 0 Å². The molecule has 84 valence electrons. The lowest BCUT2D eigenvalue weighted by atomic mass is 10.0. The molecule has 1 heterocycles. The van der Waals surface area contributed by atoms with Gasteiger partial charge in [-0.2, -0.15) is 0 Å². The third-order valence-electron chi connectivity index (χ3n) is 3.45. The summed E-state index contributed by atoms with van der Waals surface area (Å²) in [5, 5.41) is 10.6. The van der Waals surface area contributed by atoms with Crippen molar-refractivity contribution in [2.75, 3.05) is 0 Å². The van der Waals surface area contributed by atoms with Gasteiger partial charge in [-0.05, 0) is 54.3 Å². The van der Waals surface area contributed by atoms with Gasteiger partial charge >= 0.3 is 0 Å². The van der Waals surface area contributed by atoms with Crippen LogP contribution < -0.4 is 0 Å². The van der Waals surface area contributed by atoms with Gasteiger partial charge in [0.25, 0.3) is 0 Å². The summed E-state index contributed by atoms with van der Waals surface area (Å²) in [5.74, 6) is 0. The van der Waals surface area contributed by atoms with Crippen molar-refractivity contribution in [3.63, 3.8) is 0 Å². The maximum atomic E-state index is 9.20. The van der Waals surface area contributed by atoms with E-state index in [0.29, 0.717) is 0 Å². The first-order valence-electron chi connectivity index (χ1n) is 6.02. The molecule has 2 aromatic rings. The van der Waals surface area contributed by atoms with E-state index >= 15 is 0 Å². The topological polar surface area (TPSA) is 20.2 Å². The normalized spacial score (nSPS) is 16.1. The van der Waals surface area contributed by atoms with Gasteiger partial charge in [-0.15, -0.1) is 11.3 Å². The number of thiophene rings is 1. The Bertz CT molecular complexity index is 513. The maximum absolute atomic E-state index is 9.20. The van der Waals surface area contributed by atoms with Crippen molar-refractivity contribution in [3.8, 4) is 0 Å². The van der Waals surface area contributed by atoms with Crippen LogP contribution in [0.2, 0.25) is 0 Å². The second kappa shape index (κ2) is 4.19. The van der Waals surface area contributed by atoms with Crippen molar-refractivity contribution in [2.45, 2.75) is 38.7 Å².